The molecule has 0 unspecified atom stereocenters. The number of amides is 1. The molecule has 0 radical (unpaired) electrons. The van der Waals surface area contributed by atoms with Crippen molar-refractivity contribution in [1.29, 1.82) is 0 Å². The van der Waals surface area contributed by atoms with E-state index < -0.39 is 0 Å². The van der Waals surface area contributed by atoms with Crippen molar-refractivity contribution in [3.63, 3.8) is 0 Å². The topological polar surface area (TPSA) is 67.0 Å². The van der Waals surface area contributed by atoms with E-state index in [0.29, 0.717) is 11.8 Å². The van der Waals surface area contributed by atoms with E-state index in [-0.39, 0.29) is 11.8 Å². The molecule has 1 aromatic rings. The van der Waals surface area contributed by atoms with Gasteiger partial charge in [0.2, 0.25) is 5.91 Å². The van der Waals surface area contributed by atoms with Crippen LogP contribution in [0, 0.1) is 11.8 Å². The summed E-state index contributed by atoms with van der Waals surface area (Å²) in [5.41, 5.74) is 2.32. The van der Waals surface area contributed by atoms with Crippen molar-refractivity contribution in [2.75, 3.05) is 19.8 Å². The summed E-state index contributed by atoms with van der Waals surface area (Å²) in [5, 5.41) is 3.10. The summed E-state index contributed by atoms with van der Waals surface area (Å²) >= 11 is 0. The molecule has 0 saturated carbocycles. The number of fused-ring (bicyclic) bond motifs is 1. The second-order valence-corrected chi connectivity index (χ2v) is 6.62. The van der Waals surface area contributed by atoms with Gasteiger partial charge in [0.25, 0.3) is 0 Å². The molecular formula is C16H25N3O2. The first kappa shape index (κ1) is 14.6. The Morgan fingerprint density at radius 3 is 3.05 bits per heavy atom. The molecule has 3 rings (SSSR count). The molecule has 2 N–H and O–H groups in total. The van der Waals surface area contributed by atoms with Gasteiger partial charge in [0, 0.05) is 43.0 Å². The number of ether oxygens (including phenoxy) is 1. The van der Waals surface area contributed by atoms with Crippen LogP contribution in [0.2, 0.25) is 0 Å². The maximum atomic E-state index is 12.3. The zero-order valence-electron chi connectivity index (χ0n) is 12.9. The van der Waals surface area contributed by atoms with Crippen LogP contribution in [-0.4, -0.2) is 35.6 Å². The third-order valence-electron chi connectivity index (χ3n) is 4.57. The quantitative estimate of drug-likeness (QED) is 0.889. The van der Waals surface area contributed by atoms with Crippen LogP contribution in [0.25, 0.3) is 0 Å². The molecule has 2 atom stereocenters. The molecule has 0 aromatic carbocycles. The molecule has 5 heteroatoms. The van der Waals surface area contributed by atoms with Gasteiger partial charge in [0.1, 0.15) is 5.82 Å². The maximum absolute atomic E-state index is 12.3. The molecule has 1 amide bonds. The second kappa shape index (κ2) is 6.18. The number of carbonyl (C=O) groups excluding carboxylic acids is 1. The van der Waals surface area contributed by atoms with Gasteiger partial charge >= 0.3 is 0 Å². The Balaban J connectivity index is 1.56. The molecule has 116 valence electrons. The number of carbonyl (C=O) groups is 1. The Hall–Kier alpha value is -1.36. The van der Waals surface area contributed by atoms with E-state index in [2.05, 4.69) is 29.1 Å². The van der Waals surface area contributed by atoms with Crippen molar-refractivity contribution in [3.05, 3.63) is 17.2 Å². The number of nitrogens with zero attached hydrogens (tertiary/aromatic N) is 1. The van der Waals surface area contributed by atoms with Crippen LogP contribution in [0.4, 0.5) is 0 Å². The van der Waals surface area contributed by atoms with Gasteiger partial charge in [-0.15, -0.1) is 0 Å². The van der Waals surface area contributed by atoms with Crippen LogP contribution in [-0.2, 0) is 22.4 Å². The molecule has 5 nitrogen and oxygen atoms in total. The Kier molecular flexibility index (Phi) is 4.29. The highest BCUT2D eigenvalue weighted by Crippen LogP contribution is 2.26. The molecule has 1 saturated heterocycles. The molecule has 0 bridgehead atoms. The van der Waals surface area contributed by atoms with Crippen LogP contribution in [0.15, 0.2) is 0 Å². The number of hydrogen-bond acceptors (Lipinski definition) is 3. The Morgan fingerprint density at radius 2 is 2.33 bits per heavy atom. The number of rotatable bonds is 4. The van der Waals surface area contributed by atoms with Crippen molar-refractivity contribution >= 4 is 5.91 Å². The minimum absolute atomic E-state index is 0.0836. The van der Waals surface area contributed by atoms with E-state index in [4.69, 9.17) is 4.74 Å². The number of nitrogens with one attached hydrogen (secondary N) is 2. The van der Waals surface area contributed by atoms with Crippen molar-refractivity contribution in [2.24, 2.45) is 11.8 Å². The van der Waals surface area contributed by atoms with Crippen molar-refractivity contribution in [1.82, 2.24) is 15.3 Å². The lowest BCUT2D eigenvalue weighted by molar-refractivity contribution is -0.125. The van der Waals surface area contributed by atoms with Crippen molar-refractivity contribution in [2.45, 2.75) is 45.4 Å². The Bertz CT molecular complexity index is 504. The summed E-state index contributed by atoms with van der Waals surface area (Å²) < 4.78 is 5.34. The zero-order valence-corrected chi connectivity index (χ0v) is 12.9. The highest BCUT2D eigenvalue weighted by molar-refractivity contribution is 5.79. The first-order valence-electron chi connectivity index (χ1n) is 8.06. The van der Waals surface area contributed by atoms with Gasteiger partial charge in [0.15, 0.2) is 0 Å². The third kappa shape index (κ3) is 3.28. The van der Waals surface area contributed by atoms with Crippen LogP contribution in [0.1, 0.15) is 49.8 Å². The summed E-state index contributed by atoms with van der Waals surface area (Å²) in [6, 6.07) is 0. The van der Waals surface area contributed by atoms with E-state index in [1.165, 1.54) is 0 Å². The molecule has 2 aliphatic rings. The van der Waals surface area contributed by atoms with Gasteiger partial charge in [-0.1, -0.05) is 13.8 Å². The standard InChI is InChI=1S/C16H25N3O2/c1-10(2)15-18-13-4-3-12(7-14(13)19-15)16(20)17-8-11-5-6-21-9-11/h10-12H,3-9H2,1-2H3,(H,17,20)(H,18,19)/t11-,12-/m0/s1. The summed E-state index contributed by atoms with van der Waals surface area (Å²) in [5.74, 6) is 2.22. The van der Waals surface area contributed by atoms with Crippen LogP contribution >= 0.6 is 0 Å². The molecule has 1 aliphatic carbocycles. The van der Waals surface area contributed by atoms with Crippen LogP contribution in [0.3, 0.4) is 0 Å². The highest BCUT2D eigenvalue weighted by atomic mass is 16.5. The lowest BCUT2D eigenvalue weighted by atomic mass is 9.89. The third-order valence-corrected chi connectivity index (χ3v) is 4.57. The predicted molar refractivity (Wildman–Crippen MR) is 80.1 cm³/mol. The molecular weight excluding hydrogens is 266 g/mol. The fourth-order valence-electron chi connectivity index (χ4n) is 3.13. The number of aryl methyl sites for hydroxylation is 1. The van der Waals surface area contributed by atoms with Gasteiger partial charge < -0.3 is 15.0 Å². The van der Waals surface area contributed by atoms with E-state index >= 15 is 0 Å². The first-order chi connectivity index (χ1) is 10.1. The minimum Gasteiger partial charge on any atom is -0.381 e. The number of H-pyrrole nitrogens is 1. The average molecular weight is 291 g/mol. The SMILES string of the molecule is CC(C)c1nc2c([nH]1)C[C@@H](C(=O)NC[C@@H]1CCOC1)CC2. The maximum Gasteiger partial charge on any atom is 0.223 e. The molecule has 1 fully saturated rings. The van der Waals surface area contributed by atoms with Gasteiger partial charge in [-0.05, 0) is 19.3 Å². The zero-order chi connectivity index (χ0) is 14.8. The summed E-state index contributed by atoms with van der Waals surface area (Å²) in [4.78, 5) is 20.4. The van der Waals surface area contributed by atoms with E-state index in [1.54, 1.807) is 0 Å². The van der Waals surface area contributed by atoms with Gasteiger partial charge in [-0.3, -0.25) is 4.79 Å². The monoisotopic (exact) mass is 291 g/mol. The number of aromatic amines is 1. The van der Waals surface area contributed by atoms with Crippen molar-refractivity contribution < 1.29 is 9.53 Å². The molecule has 21 heavy (non-hydrogen) atoms. The molecule has 1 aromatic heterocycles. The van der Waals surface area contributed by atoms with E-state index in [9.17, 15) is 4.79 Å². The average Bonchev–Trinajstić information content (AvgIpc) is 3.12. The number of imidazole rings is 1. The first-order valence-corrected chi connectivity index (χ1v) is 8.06. The minimum atomic E-state index is 0.0836. The number of aromatic nitrogens is 2. The Morgan fingerprint density at radius 1 is 1.48 bits per heavy atom. The predicted octanol–water partition coefficient (Wildman–Crippen LogP) is 1.79. The van der Waals surface area contributed by atoms with Gasteiger partial charge in [-0.25, -0.2) is 4.98 Å². The molecule has 2 heterocycles. The fourth-order valence-corrected chi connectivity index (χ4v) is 3.13. The lowest BCUT2D eigenvalue weighted by Gasteiger charge is -2.21. The van der Waals surface area contributed by atoms with E-state index in [1.807, 2.05) is 0 Å². The molecule has 1 aliphatic heterocycles. The van der Waals surface area contributed by atoms with Gasteiger partial charge in [0.05, 0.1) is 12.3 Å². The fraction of sp³-hybridized carbons (Fsp3) is 0.750. The Labute approximate surface area is 125 Å². The van der Waals surface area contributed by atoms with E-state index in [0.717, 1.165) is 62.7 Å². The second-order valence-electron chi connectivity index (χ2n) is 6.62. The summed E-state index contributed by atoms with van der Waals surface area (Å²) in [7, 11) is 0. The normalized spacial score (nSPS) is 25.1. The summed E-state index contributed by atoms with van der Waals surface area (Å²) in [6.07, 6.45) is 3.67. The summed E-state index contributed by atoms with van der Waals surface area (Å²) in [6.45, 7) is 6.64. The molecule has 0 spiro atoms. The van der Waals surface area contributed by atoms with Crippen LogP contribution in [0.5, 0.6) is 0 Å². The lowest BCUT2D eigenvalue weighted by Crippen LogP contribution is -2.37. The smallest absolute Gasteiger partial charge is 0.223 e. The number of hydrogen-bond donors (Lipinski definition) is 2. The van der Waals surface area contributed by atoms with Gasteiger partial charge in [-0.2, -0.15) is 0 Å². The highest BCUT2D eigenvalue weighted by Gasteiger charge is 2.28. The van der Waals surface area contributed by atoms with Crippen LogP contribution < -0.4 is 5.32 Å². The largest absolute Gasteiger partial charge is 0.381 e. The van der Waals surface area contributed by atoms with Crippen molar-refractivity contribution in [3.8, 4) is 0 Å².